The number of benzene rings is 1. The number of nitrogens with two attached hydrogens (primary N) is 1. The van der Waals surface area contributed by atoms with Gasteiger partial charge in [0.25, 0.3) is 0 Å². The molecule has 4 N–H and O–H groups in total. The Bertz CT molecular complexity index is 984. The third-order valence-corrected chi connectivity index (χ3v) is 4.77. The van der Waals surface area contributed by atoms with Crippen LogP contribution in [0.25, 0.3) is 0 Å². The fraction of sp³-hybridized carbons (Fsp3) is 0.263. The Morgan fingerprint density at radius 2 is 2.00 bits per heavy atom. The number of likely N-dealkylation sites (tertiary alicyclic amines) is 1. The van der Waals surface area contributed by atoms with Crippen LogP contribution in [0.5, 0.6) is 0 Å². The van der Waals surface area contributed by atoms with Gasteiger partial charge in [0.15, 0.2) is 17.7 Å². The molecule has 2 heterocycles. The zero-order valence-corrected chi connectivity index (χ0v) is 15.3. The summed E-state index contributed by atoms with van der Waals surface area (Å²) in [5.41, 5.74) is 6.48. The van der Waals surface area contributed by atoms with Crippen molar-refractivity contribution in [3.63, 3.8) is 0 Å². The summed E-state index contributed by atoms with van der Waals surface area (Å²) in [5.74, 6) is -4.79. The van der Waals surface area contributed by atoms with Crippen molar-refractivity contribution in [3.05, 3.63) is 59.3 Å². The van der Waals surface area contributed by atoms with Crippen LogP contribution in [0.2, 0.25) is 0 Å². The minimum Gasteiger partial charge on any atom is -0.480 e. The molecule has 10 heteroatoms. The van der Waals surface area contributed by atoms with Gasteiger partial charge < -0.3 is 16.2 Å². The highest BCUT2D eigenvalue weighted by Crippen LogP contribution is 2.31. The number of aliphatic carboxylic acids is 1. The second-order valence-electron chi connectivity index (χ2n) is 6.74. The van der Waals surface area contributed by atoms with Crippen molar-refractivity contribution in [2.45, 2.75) is 25.4 Å². The smallest absolute Gasteiger partial charge is 0.327 e. The number of carboxylic acids is 1. The van der Waals surface area contributed by atoms with Crippen LogP contribution in [0.1, 0.15) is 24.1 Å². The number of nitrogen functional groups attached to an aromatic ring is 1. The molecule has 3 rings (SSSR count). The van der Waals surface area contributed by atoms with E-state index in [0.29, 0.717) is 10.5 Å². The van der Waals surface area contributed by atoms with Crippen LogP contribution in [-0.2, 0) is 16.0 Å². The van der Waals surface area contributed by atoms with Crippen LogP contribution >= 0.6 is 0 Å². The van der Waals surface area contributed by atoms with E-state index in [0.717, 1.165) is 12.1 Å². The Morgan fingerprint density at radius 1 is 1.28 bits per heavy atom. The van der Waals surface area contributed by atoms with Crippen LogP contribution in [0, 0.1) is 17.6 Å². The Labute approximate surface area is 164 Å². The molecule has 0 aliphatic carbocycles. The summed E-state index contributed by atoms with van der Waals surface area (Å²) in [7, 11) is 0. The maximum Gasteiger partial charge on any atom is 0.327 e. The summed E-state index contributed by atoms with van der Waals surface area (Å²) in [6.07, 6.45) is 1.53. The van der Waals surface area contributed by atoms with E-state index in [2.05, 4.69) is 10.3 Å². The molecule has 1 aromatic heterocycles. The second-order valence-corrected chi connectivity index (χ2v) is 6.74. The third kappa shape index (κ3) is 4.00. The number of halogens is 2. The first kappa shape index (κ1) is 20.2. The number of amides is 3. The van der Waals surface area contributed by atoms with Gasteiger partial charge >= 0.3 is 12.0 Å². The summed E-state index contributed by atoms with van der Waals surface area (Å²) in [6, 6.07) is 3.20. The number of anilines is 1. The van der Waals surface area contributed by atoms with Gasteiger partial charge in [-0.3, -0.25) is 4.79 Å². The lowest BCUT2D eigenvalue weighted by molar-refractivity contribution is -0.165. The van der Waals surface area contributed by atoms with Crippen LogP contribution in [-0.4, -0.2) is 38.9 Å². The zero-order valence-electron chi connectivity index (χ0n) is 15.3. The lowest BCUT2D eigenvalue weighted by atomic mass is 9.82. The zero-order chi connectivity index (χ0) is 21.3. The molecule has 2 aromatic rings. The van der Waals surface area contributed by atoms with Crippen molar-refractivity contribution in [1.29, 1.82) is 0 Å². The summed E-state index contributed by atoms with van der Waals surface area (Å²) >= 11 is 0. The van der Waals surface area contributed by atoms with Gasteiger partial charge in [0.1, 0.15) is 5.82 Å². The fourth-order valence-corrected chi connectivity index (χ4v) is 3.25. The number of nitrogens with one attached hydrogen (secondary N) is 1. The number of hydrogen-bond acceptors (Lipinski definition) is 5. The monoisotopic (exact) mass is 404 g/mol. The molecule has 1 aliphatic heterocycles. The van der Waals surface area contributed by atoms with Crippen LogP contribution < -0.4 is 11.1 Å². The lowest BCUT2D eigenvalue weighted by Gasteiger charge is -2.43. The molecule has 1 aromatic carbocycles. The molecule has 1 fully saturated rings. The molecule has 0 bridgehead atoms. The number of hydrogen-bond donors (Lipinski definition) is 3. The molecular formula is C19H18F2N4O4. The molecule has 152 valence electrons. The molecule has 0 saturated carbocycles. The minimum absolute atomic E-state index is 0.0883. The number of imide groups is 1. The van der Waals surface area contributed by atoms with Crippen molar-refractivity contribution >= 4 is 23.7 Å². The van der Waals surface area contributed by atoms with Gasteiger partial charge in [0.05, 0.1) is 12.0 Å². The molecule has 0 unspecified atom stereocenters. The highest BCUT2D eigenvalue weighted by Gasteiger charge is 2.54. The normalized spacial score (nSPS) is 19.4. The van der Waals surface area contributed by atoms with Crippen molar-refractivity contribution in [2.24, 2.45) is 5.92 Å². The second kappa shape index (κ2) is 7.82. The number of rotatable bonds is 5. The Balaban J connectivity index is 1.72. The number of pyridine rings is 1. The standard InChI is InChI=1S/C19H18F2N4O4/c1-9(11-2-3-13(20)14(21)8-11)24-19(29)25-16(18(27)28)12(17(25)26)6-10-4-5-23-15(22)7-10/h2-5,7-9,12,16H,6H2,1H3,(H2,22,23)(H,24,29)(H,27,28)/t9-,12-,16+/m1/s1. The van der Waals surface area contributed by atoms with Gasteiger partial charge in [-0.1, -0.05) is 6.07 Å². The summed E-state index contributed by atoms with van der Waals surface area (Å²) in [4.78, 5) is 41.0. The number of aromatic nitrogens is 1. The van der Waals surface area contributed by atoms with Gasteiger partial charge in [-0.2, -0.15) is 0 Å². The van der Waals surface area contributed by atoms with E-state index >= 15 is 0 Å². The molecule has 3 amide bonds. The first-order valence-corrected chi connectivity index (χ1v) is 8.70. The molecule has 1 saturated heterocycles. The minimum atomic E-state index is -1.35. The van der Waals surface area contributed by atoms with Crippen LogP contribution in [0.4, 0.5) is 19.4 Å². The molecule has 3 atom stereocenters. The number of nitrogens with zero attached hydrogens (tertiary/aromatic N) is 2. The van der Waals surface area contributed by atoms with Crippen molar-refractivity contribution < 1.29 is 28.3 Å². The summed E-state index contributed by atoms with van der Waals surface area (Å²) in [5, 5.41) is 11.9. The average Bonchev–Trinajstić information content (AvgIpc) is 2.65. The highest BCUT2D eigenvalue weighted by atomic mass is 19.2. The number of carboxylic acid groups (broad SMARTS) is 1. The van der Waals surface area contributed by atoms with Crippen LogP contribution in [0.15, 0.2) is 36.5 Å². The lowest BCUT2D eigenvalue weighted by Crippen LogP contribution is -2.68. The number of β-lactam (4-membered cyclic amide) rings is 1. The molecule has 0 radical (unpaired) electrons. The van der Waals surface area contributed by atoms with Gasteiger partial charge in [-0.15, -0.1) is 0 Å². The maximum atomic E-state index is 13.4. The quantitative estimate of drug-likeness (QED) is 0.653. The molecule has 29 heavy (non-hydrogen) atoms. The third-order valence-electron chi connectivity index (χ3n) is 4.77. The SMILES string of the molecule is C[C@@H](NC(=O)N1C(=O)[C@H](Cc2ccnc(N)c2)[C@H]1C(=O)O)c1ccc(F)c(F)c1. The van der Waals surface area contributed by atoms with Crippen molar-refractivity contribution in [1.82, 2.24) is 15.2 Å². The molecule has 1 aliphatic rings. The van der Waals surface area contributed by atoms with E-state index in [4.69, 9.17) is 5.73 Å². The van der Waals surface area contributed by atoms with E-state index in [1.165, 1.54) is 25.3 Å². The molecular weight excluding hydrogens is 386 g/mol. The summed E-state index contributed by atoms with van der Waals surface area (Å²) < 4.78 is 26.4. The van der Waals surface area contributed by atoms with E-state index in [9.17, 15) is 28.3 Å². The largest absolute Gasteiger partial charge is 0.480 e. The van der Waals surface area contributed by atoms with Gasteiger partial charge in [0.2, 0.25) is 5.91 Å². The van der Waals surface area contributed by atoms with Crippen LogP contribution in [0.3, 0.4) is 0 Å². The number of carbonyl (C=O) groups excluding carboxylic acids is 2. The highest BCUT2D eigenvalue weighted by molar-refractivity contribution is 6.07. The van der Waals surface area contributed by atoms with E-state index < -0.39 is 47.5 Å². The topological polar surface area (TPSA) is 126 Å². The first-order valence-electron chi connectivity index (χ1n) is 8.70. The van der Waals surface area contributed by atoms with Crippen molar-refractivity contribution in [3.8, 4) is 0 Å². The fourth-order valence-electron chi connectivity index (χ4n) is 3.25. The van der Waals surface area contributed by atoms with Gasteiger partial charge in [-0.05, 0) is 48.7 Å². The van der Waals surface area contributed by atoms with E-state index in [-0.39, 0.29) is 17.8 Å². The van der Waals surface area contributed by atoms with Crippen molar-refractivity contribution in [2.75, 3.05) is 5.73 Å². The van der Waals surface area contributed by atoms with E-state index in [1.807, 2.05) is 0 Å². The Kier molecular flexibility index (Phi) is 5.44. The number of urea groups is 1. The molecule has 0 spiro atoms. The average molecular weight is 404 g/mol. The van der Waals surface area contributed by atoms with E-state index in [1.54, 1.807) is 6.07 Å². The molecule has 8 nitrogen and oxygen atoms in total. The predicted molar refractivity (Wildman–Crippen MR) is 97.4 cm³/mol. The Hall–Kier alpha value is -3.56. The van der Waals surface area contributed by atoms with Gasteiger partial charge in [0, 0.05) is 6.20 Å². The Morgan fingerprint density at radius 3 is 2.62 bits per heavy atom. The first-order chi connectivity index (χ1) is 13.7. The number of carbonyl (C=O) groups is 3. The maximum absolute atomic E-state index is 13.4. The summed E-state index contributed by atoms with van der Waals surface area (Å²) in [6.45, 7) is 1.50. The van der Waals surface area contributed by atoms with Gasteiger partial charge in [-0.25, -0.2) is 28.3 Å². The predicted octanol–water partition coefficient (Wildman–Crippen LogP) is 1.87.